The molecule has 1 fully saturated rings. The summed E-state index contributed by atoms with van der Waals surface area (Å²) in [6.45, 7) is 12.7. The lowest BCUT2D eigenvalue weighted by atomic mass is 10.1. The number of rotatable bonds is 7. The maximum absolute atomic E-state index is 5.69. The van der Waals surface area contributed by atoms with E-state index in [0.717, 1.165) is 74.3 Å². The summed E-state index contributed by atoms with van der Waals surface area (Å²) in [5.41, 5.74) is 5.87. The van der Waals surface area contributed by atoms with Crippen molar-refractivity contribution in [1.82, 2.24) is 15.0 Å². The van der Waals surface area contributed by atoms with E-state index in [1.165, 1.54) is 16.8 Å². The van der Waals surface area contributed by atoms with Crippen molar-refractivity contribution in [2.45, 2.75) is 20.4 Å². The summed E-state index contributed by atoms with van der Waals surface area (Å²) in [5, 5.41) is 4.27. The molecule has 2 aliphatic heterocycles. The number of fused-ring (bicyclic) bond motifs is 1. The summed E-state index contributed by atoms with van der Waals surface area (Å²) in [6.07, 6.45) is 0. The monoisotopic (exact) mass is 462 g/mol. The van der Waals surface area contributed by atoms with Crippen molar-refractivity contribution in [3.8, 4) is 22.8 Å². The van der Waals surface area contributed by atoms with Gasteiger partial charge in [-0.15, -0.1) is 0 Å². The molecule has 34 heavy (non-hydrogen) atoms. The predicted molar refractivity (Wildman–Crippen MR) is 134 cm³/mol. The number of ether oxygens (including phenoxy) is 2. The molecule has 3 heterocycles. The molecule has 0 amide bonds. The van der Waals surface area contributed by atoms with E-state index >= 15 is 0 Å². The zero-order chi connectivity index (χ0) is 23.5. The summed E-state index contributed by atoms with van der Waals surface area (Å²) >= 11 is 0. The van der Waals surface area contributed by atoms with E-state index in [4.69, 9.17) is 14.0 Å². The van der Waals surface area contributed by atoms with Gasteiger partial charge in [-0.1, -0.05) is 22.9 Å². The Kier molecular flexibility index (Phi) is 6.74. The van der Waals surface area contributed by atoms with Crippen molar-refractivity contribution >= 4 is 5.69 Å². The molecule has 0 aliphatic carbocycles. The SMILES string of the molecule is Cc1ccc(N2CCN(CCN(C)Cc3cc(-c4ccc5c(c4)OCCO5)no3)CC2)c(C)c1. The highest BCUT2D eigenvalue weighted by Crippen LogP contribution is 2.34. The van der Waals surface area contributed by atoms with Gasteiger partial charge in [-0.2, -0.15) is 0 Å². The van der Waals surface area contributed by atoms with E-state index < -0.39 is 0 Å². The Labute approximate surface area is 201 Å². The molecule has 3 aromatic rings. The Balaban J connectivity index is 1.09. The topological polar surface area (TPSA) is 54.2 Å². The first-order valence-corrected chi connectivity index (χ1v) is 12.1. The number of piperazine rings is 1. The van der Waals surface area contributed by atoms with Gasteiger partial charge in [-0.05, 0) is 50.7 Å². The second-order valence-corrected chi connectivity index (χ2v) is 9.39. The maximum atomic E-state index is 5.69. The summed E-state index contributed by atoms with van der Waals surface area (Å²) in [4.78, 5) is 7.37. The zero-order valence-corrected chi connectivity index (χ0v) is 20.4. The molecule has 0 radical (unpaired) electrons. The van der Waals surface area contributed by atoms with Gasteiger partial charge < -0.3 is 18.9 Å². The lowest BCUT2D eigenvalue weighted by Crippen LogP contribution is -2.48. The standard InChI is InChI=1S/C27H34N4O3/c1-20-4-6-25(21(2)16-20)31-12-10-30(11-13-31)9-8-29(3)19-23-18-24(28-34-23)22-5-7-26-27(17-22)33-15-14-32-26/h4-7,16-18H,8-15,19H2,1-3H3. The molecule has 180 valence electrons. The number of nitrogens with zero attached hydrogens (tertiary/aromatic N) is 4. The largest absolute Gasteiger partial charge is 0.486 e. The fourth-order valence-electron chi connectivity index (χ4n) is 4.76. The average Bonchev–Trinajstić information content (AvgIpc) is 3.31. The molecule has 5 rings (SSSR count). The summed E-state index contributed by atoms with van der Waals surface area (Å²) in [5.74, 6) is 2.42. The molecule has 0 unspecified atom stereocenters. The van der Waals surface area contributed by atoms with Crippen LogP contribution in [0.25, 0.3) is 11.3 Å². The third kappa shape index (κ3) is 5.21. The number of anilines is 1. The predicted octanol–water partition coefficient (Wildman–Crippen LogP) is 3.98. The van der Waals surface area contributed by atoms with Crippen LogP contribution < -0.4 is 14.4 Å². The number of likely N-dealkylation sites (N-methyl/N-ethyl adjacent to an activating group) is 1. The minimum absolute atomic E-state index is 0.575. The zero-order valence-electron chi connectivity index (χ0n) is 20.4. The third-order valence-corrected chi connectivity index (χ3v) is 6.69. The lowest BCUT2D eigenvalue weighted by Gasteiger charge is -2.37. The van der Waals surface area contributed by atoms with Gasteiger partial charge in [0.05, 0.1) is 6.54 Å². The van der Waals surface area contributed by atoms with E-state index in [2.05, 4.69) is 59.0 Å². The first kappa shape index (κ1) is 22.7. The van der Waals surface area contributed by atoms with Gasteiger partial charge in [0.1, 0.15) is 18.9 Å². The van der Waals surface area contributed by atoms with Crippen LogP contribution in [-0.2, 0) is 6.54 Å². The Bertz CT molecular complexity index is 1120. The smallest absolute Gasteiger partial charge is 0.162 e. The molecule has 0 saturated carbocycles. The van der Waals surface area contributed by atoms with Crippen molar-refractivity contribution < 1.29 is 14.0 Å². The molecular formula is C27H34N4O3. The molecule has 1 aromatic heterocycles. The second kappa shape index (κ2) is 10.1. The van der Waals surface area contributed by atoms with Crippen LogP contribution in [0.5, 0.6) is 11.5 Å². The van der Waals surface area contributed by atoms with Gasteiger partial charge in [0.25, 0.3) is 0 Å². The highest BCUT2D eigenvalue weighted by molar-refractivity contribution is 5.64. The van der Waals surface area contributed by atoms with Crippen molar-refractivity contribution in [1.29, 1.82) is 0 Å². The Hall–Kier alpha value is -3.03. The van der Waals surface area contributed by atoms with Crippen molar-refractivity contribution in [3.05, 3.63) is 59.4 Å². The molecule has 2 aliphatic rings. The second-order valence-electron chi connectivity index (χ2n) is 9.39. The average molecular weight is 463 g/mol. The van der Waals surface area contributed by atoms with Crippen LogP contribution in [0.15, 0.2) is 47.0 Å². The molecule has 0 bridgehead atoms. The van der Waals surface area contributed by atoms with E-state index in [1.54, 1.807) is 0 Å². The van der Waals surface area contributed by atoms with Crippen LogP contribution in [0.3, 0.4) is 0 Å². The summed E-state index contributed by atoms with van der Waals surface area (Å²) in [7, 11) is 2.14. The quantitative estimate of drug-likeness (QED) is 0.526. The van der Waals surface area contributed by atoms with E-state index in [0.29, 0.717) is 13.2 Å². The number of hydrogen-bond donors (Lipinski definition) is 0. The fourth-order valence-corrected chi connectivity index (χ4v) is 4.76. The van der Waals surface area contributed by atoms with Crippen LogP contribution in [0.4, 0.5) is 5.69 Å². The molecule has 7 nitrogen and oxygen atoms in total. The molecule has 0 atom stereocenters. The van der Waals surface area contributed by atoms with Gasteiger partial charge in [0, 0.05) is 56.6 Å². The van der Waals surface area contributed by atoms with Crippen LogP contribution in [0.1, 0.15) is 16.9 Å². The van der Waals surface area contributed by atoms with Gasteiger partial charge in [-0.3, -0.25) is 9.80 Å². The third-order valence-electron chi connectivity index (χ3n) is 6.69. The Morgan fingerprint density at radius 2 is 1.71 bits per heavy atom. The molecular weight excluding hydrogens is 428 g/mol. The summed E-state index contributed by atoms with van der Waals surface area (Å²) < 4.78 is 16.9. The van der Waals surface area contributed by atoms with E-state index in [-0.39, 0.29) is 0 Å². The van der Waals surface area contributed by atoms with E-state index in [1.807, 2.05) is 24.3 Å². The molecule has 1 saturated heterocycles. The first-order chi connectivity index (χ1) is 16.5. The molecule has 0 N–H and O–H groups in total. The molecule has 7 heteroatoms. The van der Waals surface area contributed by atoms with Crippen molar-refractivity contribution in [3.63, 3.8) is 0 Å². The minimum Gasteiger partial charge on any atom is -0.486 e. The van der Waals surface area contributed by atoms with Gasteiger partial charge in [0.2, 0.25) is 0 Å². The minimum atomic E-state index is 0.575. The first-order valence-electron chi connectivity index (χ1n) is 12.1. The Morgan fingerprint density at radius 3 is 2.50 bits per heavy atom. The van der Waals surface area contributed by atoms with Crippen LogP contribution >= 0.6 is 0 Å². The number of hydrogen-bond acceptors (Lipinski definition) is 7. The maximum Gasteiger partial charge on any atom is 0.162 e. The number of aromatic nitrogens is 1. The Morgan fingerprint density at radius 1 is 0.912 bits per heavy atom. The lowest BCUT2D eigenvalue weighted by molar-refractivity contribution is 0.171. The summed E-state index contributed by atoms with van der Waals surface area (Å²) in [6, 6.07) is 14.7. The van der Waals surface area contributed by atoms with Crippen LogP contribution in [0, 0.1) is 13.8 Å². The van der Waals surface area contributed by atoms with Gasteiger partial charge >= 0.3 is 0 Å². The molecule has 0 spiro atoms. The van der Waals surface area contributed by atoms with Crippen LogP contribution in [0.2, 0.25) is 0 Å². The van der Waals surface area contributed by atoms with Gasteiger partial charge in [-0.25, -0.2) is 0 Å². The van der Waals surface area contributed by atoms with Crippen LogP contribution in [-0.4, -0.2) is 74.5 Å². The number of benzene rings is 2. The molecule has 2 aromatic carbocycles. The highest BCUT2D eigenvalue weighted by Gasteiger charge is 2.19. The van der Waals surface area contributed by atoms with E-state index in [9.17, 15) is 0 Å². The van der Waals surface area contributed by atoms with Gasteiger partial charge in [0.15, 0.2) is 17.3 Å². The number of aryl methyl sites for hydroxylation is 2. The van der Waals surface area contributed by atoms with Crippen molar-refractivity contribution in [2.75, 3.05) is 64.4 Å². The van der Waals surface area contributed by atoms with Crippen molar-refractivity contribution in [2.24, 2.45) is 0 Å². The normalized spacial score (nSPS) is 16.3. The fraction of sp³-hybridized carbons (Fsp3) is 0.444. The highest BCUT2D eigenvalue weighted by atomic mass is 16.6.